The quantitative estimate of drug-likeness (QED) is 0.575. The van der Waals surface area contributed by atoms with Crippen LogP contribution in [0.4, 0.5) is 11.4 Å². The fraction of sp³-hybridized carbons (Fsp3) is 0.429. The van der Waals surface area contributed by atoms with Crippen LogP contribution in [0, 0.1) is 27.7 Å². The van der Waals surface area contributed by atoms with Crippen LogP contribution in [0.1, 0.15) is 35.1 Å². The molecule has 0 aromatic heterocycles. The molecule has 36 heavy (non-hydrogen) atoms. The maximum absolute atomic E-state index is 13.3. The zero-order valence-electron chi connectivity index (χ0n) is 21.4. The topological polar surface area (TPSA) is 83.6 Å². The van der Waals surface area contributed by atoms with Crippen LogP contribution in [0.3, 0.4) is 0 Å². The molecule has 0 bridgehead atoms. The number of anilines is 2. The number of rotatable bonds is 4. The highest BCUT2D eigenvalue weighted by Crippen LogP contribution is 2.25. The Kier molecular flexibility index (Phi) is 6.26. The average Bonchev–Trinajstić information content (AvgIpc) is 3.32. The fourth-order valence-electron chi connectivity index (χ4n) is 5.76. The second-order valence-corrected chi connectivity index (χ2v) is 10.5. The van der Waals surface area contributed by atoms with Crippen LogP contribution in [0.5, 0.6) is 0 Å². The van der Waals surface area contributed by atoms with Gasteiger partial charge >= 0.3 is 0 Å². The highest BCUT2D eigenvalue weighted by molar-refractivity contribution is 6.22. The Morgan fingerprint density at radius 1 is 0.583 bits per heavy atom. The van der Waals surface area contributed by atoms with Gasteiger partial charge in [0.05, 0.1) is 24.2 Å². The van der Waals surface area contributed by atoms with Crippen LogP contribution in [0.2, 0.25) is 0 Å². The average molecular weight is 491 g/mol. The van der Waals surface area contributed by atoms with Gasteiger partial charge in [-0.25, -0.2) is 9.80 Å². The first-order valence-electron chi connectivity index (χ1n) is 12.7. The SMILES string of the molecule is Cc1ccc(N2C(=O)C[C@H]([NH+]3CC[NH+]([C@H]4CC(=O)N(c5ccc(C)c(C)c5)C4=O)CC3)C2=O)cc1C. The number of aryl methyl sites for hydroxylation is 4. The molecule has 3 saturated heterocycles. The molecule has 0 unspecified atom stereocenters. The van der Waals surface area contributed by atoms with Gasteiger partial charge in [0.15, 0.2) is 12.1 Å². The number of piperazine rings is 1. The lowest BCUT2D eigenvalue weighted by atomic mass is 10.1. The van der Waals surface area contributed by atoms with E-state index in [0.29, 0.717) is 37.6 Å². The summed E-state index contributed by atoms with van der Waals surface area (Å²) in [6.07, 6.45) is 0.412. The lowest BCUT2D eigenvalue weighted by Gasteiger charge is -2.34. The van der Waals surface area contributed by atoms with Crippen LogP contribution in [0.25, 0.3) is 0 Å². The van der Waals surface area contributed by atoms with Crippen molar-refractivity contribution in [2.45, 2.75) is 52.6 Å². The van der Waals surface area contributed by atoms with E-state index in [9.17, 15) is 19.2 Å². The van der Waals surface area contributed by atoms with Crippen LogP contribution in [-0.4, -0.2) is 61.9 Å². The first-order chi connectivity index (χ1) is 17.2. The van der Waals surface area contributed by atoms with E-state index in [4.69, 9.17) is 0 Å². The molecule has 4 amide bonds. The van der Waals surface area contributed by atoms with Crippen molar-refractivity contribution in [1.82, 2.24) is 0 Å². The molecule has 0 spiro atoms. The molecule has 2 aromatic carbocycles. The summed E-state index contributed by atoms with van der Waals surface area (Å²) >= 11 is 0. The molecule has 3 heterocycles. The number of carbonyl (C=O) groups is 4. The number of hydrogen-bond acceptors (Lipinski definition) is 4. The third-order valence-electron chi connectivity index (χ3n) is 8.31. The lowest BCUT2D eigenvalue weighted by molar-refractivity contribution is -1.02. The first-order valence-corrected chi connectivity index (χ1v) is 12.7. The van der Waals surface area contributed by atoms with Gasteiger partial charge in [0.25, 0.3) is 11.8 Å². The van der Waals surface area contributed by atoms with Crippen molar-refractivity contribution in [2.75, 3.05) is 36.0 Å². The molecule has 5 rings (SSSR count). The van der Waals surface area contributed by atoms with E-state index in [2.05, 4.69) is 0 Å². The van der Waals surface area contributed by atoms with Gasteiger partial charge < -0.3 is 9.80 Å². The summed E-state index contributed by atoms with van der Waals surface area (Å²) in [6.45, 7) is 10.7. The molecule has 8 heteroatoms. The number of quaternary nitrogens is 2. The number of hydrogen-bond donors (Lipinski definition) is 2. The molecule has 0 aliphatic carbocycles. The minimum atomic E-state index is -0.395. The molecule has 3 aliphatic rings. The maximum Gasteiger partial charge on any atom is 0.292 e. The second kappa shape index (κ2) is 9.26. The number of imide groups is 2. The molecular weight excluding hydrogens is 456 g/mol. The summed E-state index contributed by atoms with van der Waals surface area (Å²) in [4.78, 5) is 57.0. The van der Waals surface area contributed by atoms with Gasteiger partial charge in [-0.1, -0.05) is 12.1 Å². The summed E-state index contributed by atoms with van der Waals surface area (Å²) < 4.78 is 0. The smallest absolute Gasteiger partial charge is 0.292 e. The van der Waals surface area contributed by atoms with Gasteiger partial charge in [-0.2, -0.15) is 0 Å². The molecule has 2 N–H and O–H groups in total. The Morgan fingerprint density at radius 3 is 1.28 bits per heavy atom. The summed E-state index contributed by atoms with van der Waals surface area (Å²) in [5.41, 5.74) is 5.62. The third-order valence-corrected chi connectivity index (χ3v) is 8.31. The predicted molar refractivity (Wildman–Crippen MR) is 135 cm³/mol. The monoisotopic (exact) mass is 490 g/mol. The van der Waals surface area contributed by atoms with E-state index >= 15 is 0 Å². The summed E-state index contributed by atoms with van der Waals surface area (Å²) in [5.74, 6) is -0.600. The number of benzene rings is 2. The fourth-order valence-corrected chi connectivity index (χ4v) is 5.76. The summed E-state index contributed by atoms with van der Waals surface area (Å²) in [7, 11) is 0. The predicted octanol–water partition coefficient (Wildman–Crippen LogP) is -0.332. The Morgan fingerprint density at radius 2 is 0.944 bits per heavy atom. The molecule has 3 fully saturated rings. The Labute approximate surface area is 211 Å². The summed E-state index contributed by atoms with van der Waals surface area (Å²) in [6, 6.07) is 10.6. The Bertz CT molecular complexity index is 1170. The van der Waals surface area contributed by atoms with Crippen LogP contribution >= 0.6 is 0 Å². The lowest BCUT2D eigenvalue weighted by Crippen LogP contribution is -3.31. The molecule has 0 saturated carbocycles. The van der Waals surface area contributed by atoms with Gasteiger partial charge in [-0.15, -0.1) is 0 Å². The van der Waals surface area contributed by atoms with Crippen molar-refractivity contribution < 1.29 is 29.0 Å². The molecule has 0 radical (unpaired) electrons. The van der Waals surface area contributed by atoms with E-state index in [1.165, 1.54) is 9.80 Å². The molecule has 2 atom stereocenters. The Balaban J connectivity index is 1.24. The zero-order valence-corrected chi connectivity index (χ0v) is 21.4. The molecular formula is C28H34N4O4+2. The van der Waals surface area contributed by atoms with E-state index < -0.39 is 12.1 Å². The van der Waals surface area contributed by atoms with Gasteiger partial charge in [0.2, 0.25) is 11.8 Å². The first kappa shape index (κ1) is 24.3. The highest BCUT2D eigenvalue weighted by atomic mass is 16.2. The largest absolute Gasteiger partial charge is 0.315 e. The molecule has 188 valence electrons. The maximum atomic E-state index is 13.3. The zero-order chi connectivity index (χ0) is 25.7. The van der Waals surface area contributed by atoms with Crippen molar-refractivity contribution in [1.29, 1.82) is 0 Å². The van der Waals surface area contributed by atoms with Crippen LogP contribution in [-0.2, 0) is 19.2 Å². The van der Waals surface area contributed by atoms with Gasteiger partial charge in [-0.3, -0.25) is 19.2 Å². The number of nitrogens with zero attached hydrogens (tertiary/aromatic N) is 2. The van der Waals surface area contributed by atoms with Crippen LogP contribution in [0.15, 0.2) is 36.4 Å². The Hall–Kier alpha value is -3.36. The number of nitrogens with one attached hydrogen (secondary N) is 2. The van der Waals surface area contributed by atoms with Crippen molar-refractivity contribution >= 4 is 35.0 Å². The third kappa shape index (κ3) is 4.14. The standard InChI is InChI=1S/C28H32N4O4/c1-17-5-7-21(13-19(17)3)31-25(33)15-23(27(31)35)29-9-11-30(12-10-29)24-16-26(34)32(28(24)36)22-8-6-18(2)20(4)14-22/h5-8,13-14,23-24H,9-12,15-16H2,1-4H3/p+2/t23-,24-/m0/s1. The number of amides is 4. The molecule has 8 nitrogen and oxygen atoms in total. The minimum Gasteiger partial charge on any atom is -0.315 e. The number of carbonyl (C=O) groups excluding carboxylic acids is 4. The molecule has 3 aliphatic heterocycles. The van der Waals surface area contributed by atoms with Crippen LogP contribution < -0.4 is 19.6 Å². The van der Waals surface area contributed by atoms with Gasteiger partial charge in [0, 0.05) is 0 Å². The normalized spacial score (nSPS) is 26.9. The molecule has 2 aromatic rings. The van der Waals surface area contributed by atoms with Crippen molar-refractivity contribution in [2.24, 2.45) is 0 Å². The van der Waals surface area contributed by atoms with Gasteiger partial charge in [-0.05, 0) is 74.2 Å². The van der Waals surface area contributed by atoms with E-state index in [1.54, 1.807) is 0 Å². The van der Waals surface area contributed by atoms with Crippen molar-refractivity contribution in [3.05, 3.63) is 58.7 Å². The van der Waals surface area contributed by atoms with E-state index in [0.717, 1.165) is 32.1 Å². The second-order valence-electron chi connectivity index (χ2n) is 10.5. The summed E-state index contributed by atoms with van der Waals surface area (Å²) in [5, 5.41) is 0. The van der Waals surface area contributed by atoms with Crippen molar-refractivity contribution in [3.63, 3.8) is 0 Å². The minimum absolute atomic E-state index is 0.144. The van der Waals surface area contributed by atoms with E-state index in [-0.39, 0.29) is 36.5 Å². The highest BCUT2D eigenvalue weighted by Gasteiger charge is 2.50. The van der Waals surface area contributed by atoms with E-state index in [1.807, 2.05) is 64.1 Å². The van der Waals surface area contributed by atoms with Crippen molar-refractivity contribution in [3.8, 4) is 0 Å². The van der Waals surface area contributed by atoms with Gasteiger partial charge in [0.1, 0.15) is 26.2 Å².